The molecule has 3 rings (SSSR count). The quantitative estimate of drug-likeness (QED) is 0.725. The maximum atomic E-state index is 12.1. The number of hydrogen-bond donors (Lipinski definition) is 0. The lowest BCUT2D eigenvalue weighted by atomic mass is 10.2. The highest BCUT2D eigenvalue weighted by molar-refractivity contribution is 9.10. The van der Waals surface area contributed by atoms with Crippen LogP contribution in [0.15, 0.2) is 22.7 Å². The summed E-state index contributed by atoms with van der Waals surface area (Å²) in [6.07, 6.45) is -0.232. The number of nitrogens with zero attached hydrogens (tertiary/aromatic N) is 3. The van der Waals surface area contributed by atoms with Crippen molar-refractivity contribution in [3.63, 3.8) is 0 Å². The van der Waals surface area contributed by atoms with E-state index in [9.17, 15) is 4.79 Å². The Balaban J connectivity index is 1.67. The molecule has 1 amide bonds. The number of hydrogen-bond acceptors (Lipinski definition) is 5. The van der Waals surface area contributed by atoms with Gasteiger partial charge in [0.05, 0.1) is 4.70 Å². The molecule has 0 spiro atoms. The maximum Gasteiger partial charge on any atom is 0.410 e. The number of amides is 1. The minimum absolute atomic E-state index is 0.232. The number of carbonyl (C=O) groups is 1. The fraction of sp³-hybridized carbons (Fsp3) is 0.500. The Labute approximate surface area is 148 Å². The van der Waals surface area contributed by atoms with Crippen LogP contribution in [0.1, 0.15) is 20.8 Å². The molecule has 1 aliphatic heterocycles. The van der Waals surface area contributed by atoms with Gasteiger partial charge in [0.2, 0.25) is 0 Å². The molecule has 7 heteroatoms. The molecule has 1 fully saturated rings. The third-order valence-corrected chi connectivity index (χ3v) is 4.94. The largest absolute Gasteiger partial charge is 0.444 e. The van der Waals surface area contributed by atoms with Gasteiger partial charge in [-0.15, -0.1) is 0 Å². The molecule has 1 aromatic heterocycles. The van der Waals surface area contributed by atoms with Gasteiger partial charge in [-0.1, -0.05) is 15.9 Å². The molecule has 0 radical (unpaired) electrons. The molecule has 0 aliphatic carbocycles. The lowest BCUT2D eigenvalue weighted by Crippen LogP contribution is -2.50. The molecule has 0 unspecified atom stereocenters. The van der Waals surface area contributed by atoms with Gasteiger partial charge in [-0.2, -0.15) is 4.37 Å². The third kappa shape index (κ3) is 3.77. The average molecular weight is 398 g/mol. The van der Waals surface area contributed by atoms with Gasteiger partial charge in [0.25, 0.3) is 0 Å². The predicted octanol–water partition coefficient (Wildman–Crippen LogP) is 4.12. The number of aromatic nitrogens is 1. The summed E-state index contributed by atoms with van der Waals surface area (Å²) in [6, 6.07) is 6.23. The van der Waals surface area contributed by atoms with Gasteiger partial charge in [0, 0.05) is 36.0 Å². The van der Waals surface area contributed by atoms with Crippen LogP contribution in [0.3, 0.4) is 0 Å². The van der Waals surface area contributed by atoms with E-state index in [0.717, 1.165) is 23.4 Å². The van der Waals surface area contributed by atoms with Crippen LogP contribution < -0.4 is 4.90 Å². The van der Waals surface area contributed by atoms with Gasteiger partial charge in [-0.05, 0) is 50.5 Å². The molecule has 1 aliphatic rings. The lowest BCUT2D eigenvalue weighted by Gasteiger charge is -2.35. The Morgan fingerprint density at radius 3 is 2.61 bits per heavy atom. The molecule has 0 bridgehead atoms. The first-order valence-electron chi connectivity index (χ1n) is 7.61. The minimum atomic E-state index is -0.452. The van der Waals surface area contributed by atoms with Crippen molar-refractivity contribution >= 4 is 49.5 Å². The summed E-state index contributed by atoms with van der Waals surface area (Å²) in [7, 11) is 0. The highest BCUT2D eigenvalue weighted by Crippen LogP contribution is 2.32. The second-order valence-corrected chi connectivity index (χ2v) is 8.32. The summed E-state index contributed by atoms with van der Waals surface area (Å²) >= 11 is 5.00. The number of piperazine rings is 1. The first-order chi connectivity index (χ1) is 10.8. The number of rotatable bonds is 1. The van der Waals surface area contributed by atoms with E-state index >= 15 is 0 Å². The van der Waals surface area contributed by atoms with Crippen LogP contribution in [0, 0.1) is 0 Å². The topological polar surface area (TPSA) is 45.7 Å². The van der Waals surface area contributed by atoms with E-state index in [2.05, 4.69) is 37.3 Å². The SMILES string of the molecule is CC(C)(C)OC(=O)N1CCN(c2nsc3cc(Br)ccc23)CC1. The van der Waals surface area contributed by atoms with Crippen molar-refractivity contribution in [1.29, 1.82) is 0 Å². The monoisotopic (exact) mass is 397 g/mol. The van der Waals surface area contributed by atoms with Crippen molar-refractivity contribution in [1.82, 2.24) is 9.27 Å². The second-order valence-electron chi connectivity index (χ2n) is 6.60. The molecular weight excluding hydrogens is 378 g/mol. The molecule has 1 saturated heterocycles. The Morgan fingerprint density at radius 2 is 1.96 bits per heavy atom. The van der Waals surface area contributed by atoms with Crippen molar-refractivity contribution in [3.05, 3.63) is 22.7 Å². The van der Waals surface area contributed by atoms with E-state index in [4.69, 9.17) is 4.74 Å². The van der Waals surface area contributed by atoms with Gasteiger partial charge >= 0.3 is 6.09 Å². The first-order valence-corrected chi connectivity index (χ1v) is 9.18. The number of halogens is 1. The fourth-order valence-electron chi connectivity index (χ4n) is 2.55. The predicted molar refractivity (Wildman–Crippen MR) is 97.3 cm³/mol. The van der Waals surface area contributed by atoms with Crippen molar-refractivity contribution < 1.29 is 9.53 Å². The second kappa shape index (κ2) is 6.28. The summed E-state index contributed by atoms with van der Waals surface area (Å²) in [5.74, 6) is 1.02. The van der Waals surface area contributed by atoms with Crippen LogP contribution in [0.2, 0.25) is 0 Å². The normalized spacial score (nSPS) is 16.0. The van der Waals surface area contributed by atoms with Crippen LogP contribution in [0.25, 0.3) is 10.1 Å². The van der Waals surface area contributed by atoms with Crippen LogP contribution in [-0.4, -0.2) is 47.1 Å². The summed E-state index contributed by atoms with van der Waals surface area (Å²) in [4.78, 5) is 16.1. The van der Waals surface area contributed by atoms with Crippen molar-refractivity contribution in [2.24, 2.45) is 0 Å². The third-order valence-electron chi connectivity index (χ3n) is 3.65. The Kier molecular flexibility index (Phi) is 4.51. The van der Waals surface area contributed by atoms with Crippen molar-refractivity contribution in [2.45, 2.75) is 26.4 Å². The first kappa shape index (κ1) is 16.5. The van der Waals surface area contributed by atoms with E-state index in [0.29, 0.717) is 13.1 Å². The summed E-state index contributed by atoms with van der Waals surface area (Å²) in [5.41, 5.74) is -0.452. The molecular formula is C16H20BrN3O2S. The van der Waals surface area contributed by atoms with E-state index in [1.807, 2.05) is 26.8 Å². The molecule has 0 N–H and O–H groups in total. The van der Waals surface area contributed by atoms with Gasteiger partial charge in [-0.3, -0.25) is 0 Å². The number of carbonyl (C=O) groups excluding carboxylic acids is 1. The standard InChI is InChI=1S/C16H20BrN3O2S/c1-16(2,3)22-15(21)20-8-6-19(7-9-20)14-12-5-4-11(17)10-13(12)23-18-14/h4-5,10H,6-9H2,1-3H3. The van der Waals surface area contributed by atoms with Gasteiger partial charge in [0.15, 0.2) is 0 Å². The molecule has 124 valence electrons. The summed E-state index contributed by atoms with van der Waals surface area (Å²) in [6.45, 7) is 8.53. The zero-order valence-corrected chi connectivity index (χ0v) is 15.9. The summed E-state index contributed by atoms with van der Waals surface area (Å²) < 4.78 is 12.3. The molecule has 2 aromatic rings. The summed E-state index contributed by atoms with van der Waals surface area (Å²) in [5, 5.41) is 1.17. The lowest BCUT2D eigenvalue weighted by molar-refractivity contribution is 0.0240. The zero-order valence-electron chi connectivity index (χ0n) is 13.5. The Hall–Kier alpha value is -1.34. The van der Waals surface area contributed by atoms with Gasteiger partial charge in [0.1, 0.15) is 11.4 Å². The highest BCUT2D eigenvalue weighted by atomic mass is 79.9. The number of ether oxygens (including phenoxy) is 1. The molecule has 1 aromatic carbocycles. The van der Waals surface area contributed by atoms with Crippen LogP contribution in [0.4, 0.5) is 10.6 Å². The van der Waals surface area contributed by atoms with Gasteiger partial charge in [-0.25, -0.2) is 4.79 Å². The Morgan fingerprint density at radius 1 is 1.26 bits per heavy atom. The Bertz CT molecular complexity index is 718. The smallest absolute Gasteiger partial charge is 0.410 e. The van der Waals surface area contributed by atoms with E-state index in [1.54, 1.807) is 4.90 Å². The molecule has 23 heavy (non-hydrogen) atoms. The van der Waals surface area contributed by atoms with E-state index < -0.39 is 5.60 Å². The molecule has 0 atom stereocenters. The van der Waals surface area contributed by atoms with Crippen LogP contribution in [-0.2, 0) is 4.74 Å². The fourth-order valence-corrected chi connectivity index (χ4v) is 3.90. The van der Waals surface area contributed by atoms with Crippen LogP contribution >= 0.6 is 27.5 Å². The van der Waals surface area contributed by atoms with Crippen LogP contribution in [0.5, 0.6) is 0 Å². The zero-order chi connectivity index (χ0) is 16.6. The number of benzene rings is 1. The molecule has 5 nitrogen and oxygen atoms in total. The maximum absolute atomic E-state index is 12.1. The van der Waals surface area contributed by atoms with E-state index in [1.165, 1.54) is 21.6 Å². The average Bonchev–Trinajstić information content (AvgIpc) is 2.88. The van der Waals surface area contributed by atoms with Crippen molar-refractivity contribution in [2.75, 3.05) is 31.1 Å². The number of anilines is 1. The highest BCUT2D eigenvalue weighted by Gasteiger charge is 2.27. The molecule has 0 saturated carbocycles. The number of fused-ring (bicyclic) bond motifs is 1. The van der Waals surface area contributed by atoms with Gasteiger partial charge < -0.3 is 14.5 Å². The minimum Gasteiger partial charge on any atom is -0.444 e. The van der Waals surface area contributed by atoms with E-state index in [-0.39, 0.29) is 6.09 Å². The molecule has 2 heterocycles. The van der Waals surface area contributed by atoms with Crippen molar-refractivity contribution in [3.8, 4) is 0 Å².